The molecule has 1 heterocycles. The smallest absolute Gasteiger partial charge is 0.233 e. The summed E-state index contributed by atoms with van der Waals surface area (Å²) in [6.45, 7) is 5.51. The summed E-state index contributed by atoms with van der Waals surface area (Å²) in [5.41, 5.74) is 0. The van der Waals surface area contributed by atoms with Crippen molar-refractivity contribution in [2.75, 3.05) is 13.2 Å². The molecule has 0 amide bonds. The fraction of sp³-hybridized carbons (Fsp3) is 0.556. The first-order valence-corrected chi connectivity index (χ1v) is 4.90. The number of ether oxygens (including phenoxy) is 1. The molecule has 78 valence electrons. The van der Waals surface area contributed by atoms with Crippen molar-refractivity contribution in [2.24, 2.45) is 0 Å². The first-order chi connectivity index (χ1) is 6.68. The van der Waals surface area contributed by atoms with Gasteiger partial charge in [0.1, 0.15) is 6.61 Å². The number of aromatic nitrogens is 2. The number of hydrogen-bond acceptors (Lipinski definition) is 4. The van der Waals surface area contributed by atoms with E-state index in [0.29, 0.717) is 23.7 Å². The predicted molar refractivity (Wildman–Crippen MR) is 55.7 cm³/mol. The summed E-state index contributed by atoms with van der Waals surface area (Å²) >= 11 is 5.64. The van der Waals surface area contributed by atoms with Gasteiger partial charge in [0.25, 0.3) is 0 Å². The van der Waals surface area contributed by atoms with Crippen LogP contribution in [0.3, 0.4) is 0 Å². The normalized spacial score (nSPS) is 10.6. The van der Waals surface area contributed by atoms with Crippen LogP contribution in [0.1, 0.15) is 13.8 Å². The number of halogens is 1. The molecule has 0 radical (unpaired) electrons. The minimum absolute atomic E-state index is 0.347. The molecule has 1 rings (SSSR count). The Balaban J connectivity index is 2.25. The Hall–Kier alpha value is -0.870. The summed E-state index contributed by atoms with van der Waals surface area (Å²) in [6, 6.07) is 0.462. The average Bonchev–Trinajstić information content (AvgIpc) is 2.12. The van der Waals surface area contributed by atoms with Gasteiger partial charge < -0.3 is 10.1 Å². The molecule has 0 bridgehead atoms. The molecule has 0 aromatic carbocycles. The molecule has 0 unspecified atom stereocenters. The summed E-state index contributed by atoms with van der Waals surface area (Å²) in [5, 5.41) is 3.57. The maximum absolute atomic E-state index is 5.64. The van der Waals surface area contributed by atoms with Crippen LogP contribution < -0.4 is 10.1 Å². The van der Waals surface area contributed by atoms with E-state index in [1.165, 1.54) is 6.20 Å². The first-order valence-electron chi connectivity index (χ1n) is 4.52. The lowest BCUT2D eigenvalue weighted by Gasteiger charge is -2.08. The van der Waals surface area contributed by atoms with E-state index in [1.807, 2.05) is 0 Å². The maximum Gasteiger partial charge on any atom is 0.233 e. The van der Waals surface area contributed by atoms with Crippen molar-refractivity contribution in [3.63, 3.8) is 0 Å². The van der Waals surface area contributed by atoms with Gasteiger partial charge in [0.05, 0.1) is 12.4 Å². The highest BCUT2D eigenvalue weighted by atomic mass is 35.5. The van der Waals surface area contributed by atoms with E-state index in [2.05, 4.69) is 29.1 Å². The lowest BCUT2D eigenvalue weighted by molar-refractivity contribution is 0.296. The van der Waals surface area contributed by atoms with Crippen molar-refractivity contribution in [2.45, 2.75) is 19.9 Å². The van der Waals surface area contributed by atoms with Gasteiger partial charge >= 0.3 is 0 Å². The van der Waals surface area contributed by atoms with Crippen LogP contribution in [-0.2, 0) is 0 Å². The zero-order chi connectivity index (χ0) is 10.4. The molecule has 1 aromatic rings. The Morgan fingerprint density at radius 2 is 2.29 bits per heavy atom. The Kier molecular flexibility index (Phi) is 4.62. The summed E-state index contributed by atoms with van der Waals surface area (Å²) < 4.78 is 5.32. The molecule has 1 N–H and O–H groups in total. The molecule has 0 aliphatic rings. The van der Waals surface area contributed by atoms with Crippen LogP contribution in [0.4, 0.5) is 0 Å². The minimum atomic E-state index is 0.347. The highest BCUT2D eigenvalue weighted by Crippen LogP contribution is 2.08. The third kappa shape index (κ3) is 4.39. The molecule has 0 atom stereocenters. The highest BCUT2D eigenvalue weighted by molar-refractivity contribution is 6.29. The largest absolute Gasteiger partial charge is 0.475 e. The van der Waals surface area contributed by atoms with Crippen LogP contribution in [0.15, 0.2) is 12.4 Å². The SMILES string of the molecule is CC(C)NCCOc1cncc(Cl)n1. The van der Waals surface area contributed by atoms with Gasteiger partial charge in [-0.2, -0.15) is 4.98 Å². The van der Waals surface area contributed by atoms with Crippen LogP contribution in [0, 0.1) is 0 Å². The van der Waals surface area contributed by atoms with Gasteiger partial charge in [-0.1, -0.05) is 25.4 Å². The van der Waals surface area contributed by atoms with Crippen LogP contribution in [-0.4, -0.2) is 29.2 Å². The Bertz CT molecular complexity index is 281. The quantitative estimate of drug-likeness (QED) is 0.757. The van der Waals surface area contributed by atoms with Crippen LogP contribution in [0.25, 0.3) is 0 Å². The van der Waals surface area contributed by atoms with Gasteiger partial charge in [0, 0.05) is 12.6 Å². The maximum atomic E-state index is 5.64. The molecule has 0 spiro atoms. The first kappa shape index (κ1) is 11.2. The Morgan fingerprint density at radius 3 is 2.93 bits per heavy atom. The van der Waals surface area contributed by atoms with Crippen molar-refractivity contribution in [1.82, 2.24) is 15.3 Å². The summed E-state index contributed by atoms with van der Waals surface area (Å²) in [4.78, 5) is 7.80. The molecule has 14 heavy (non-hydrogen) atoms. The monoisotopic (exact) mass is 215 g/mol. The number of rotatable bonds is 5. The van der Waals surface area contributed by atoms with Crippen molar-refractivity contribution in [1.29, 1.82) is 0 Å². The average molecular weight is 216 g/mol. The third-order valence-electron chi connectivity index (χ3n) is 1.49. The molecule has 1 aromatic heterocycles. The molecular weight excluding hydrogens is 202 g/mol. The standard InChI is InChI=1S/C9H14ClN3O/c1-7(2)12-3-4-14-9-6-11-5-8(10)13-9/h5-7,12H,3-4H2,1-2H3. The molecule has 0 saturated heterocycles. The second-order valence-corrected chi connectivity index (χ2v) is 3.52. The minimum Gasteiger partial charge on any atom is -0.475 e. The van der Waals surface area contributed by atoms with E-state index in [-0.39, 0.29) is 0 Å². The predicted octanol–water partition coefficient (Wildman–Crippen LogP) is 1.51. The molecular formula is C9H14ClN3O. The number of nitrogens with one attached hydrogen (secondary N) is 1. The lowest BCUT2D eigenvalue weighted by atomic mass is 10.4. The fourth-order valence-corrected chi connectivity index (χ4v) is 1.04. The van der Waals surface area contributed by atoms with Crippen molar-refractivity contribution in [3.8, 4) is 5.88 Å². The molecule has 4 nitrogen and oxygen atoms in total. The van der Waals surface area contributed by atoms with Gasteiger partial charge in [-0.15, -0.1) is 0 Å². The van der Waals surface area contributed by atoms with Gasteiger partial charge in [-0.25, -0.2) is 0 Å². The number of hydrogen-bond donors (Lipinski definition) is 1. The van der Waals surface area contributed by atoms with E-state index >= 15 is 0 Å². The second-order valence-electron chi connectivity index (χ2n) is 3.14. The summed E-state index contributed by atoms with van der Waals surface area (Å²) in [5.74, 6) is 0.461. The van der Waals surface area contributed by atoms with Crippen molar-refractivity contribution >= 4 is 11.6 Å². The summed E-state index contributed by atoms with van der Waals surface area (Å²) in [6.07, 6.45) is 3.02. The zero-order valence-corrected chi connectivity index (χ0v) is 9.08. The van der Waals surface area contributed by atoms with Crippen molar-refractivity contribution < 1.29 is 4.74 Å². The molecule has 0 fully saturated rings. The van der Waals surface area contributed by atoms with E-state index in [9.17, 15) is 0 Å². The third-order valence-corrected chi connectivity index (χ3v) is 1.67. The highest BCUT2D eigenvalue weighted by Gasteiger charge is 1.97. The van der Waals surface area contributed by atoms with Crippen LogP contribution >= 0.6 is 11.6 Å². The van der Waals surface area contributed by atoms with Crippen molar-refractivity contribution in [3.05, 3.63) is 17.5 Å². The summed E-state index contributed by atoms with van der Waals surface area (Å²) in [7, 11) is 0. The van der Waals surface area contributed by atoms with Gasteiger partial charge in [0.15, 0.2) is 5.15 Å². The zero-order valence-electron chi connectivity index (χ0n) is 8.33. The molecule has 0 aliphatic carbocycles. The topological polar surface area (TPSA) is 47.0 Å². The van der Waals surface area contributed by atoms with Gasteiger partial charge in [-0.05, 0) is 0 Å². The fourth-order valence-electron chi connectivity index (χ4n) is 0.898. The van der Waals surface area contributed by atoms with Gasteiger partial charge in [-0.3, -0.25) is 4.98 Å². The number of nitrogens with zero attached hydrogens (tertiary/aromatic N) is 2. The molecule has 5 heteroatoms. The molecule has 0 saturated carbocycles. The Morgan fingerprint density at radius 1 is 1.50 bits per heavy atom. The lowest BCUT2D eigenvalue weighted by Crippen LogP contribution is -2.27. The van der Waals surface area contributed by atoms with E-state index in [1.54, 1.807) is 6.20 Å². The van der Waals surface area contributed by atoms with E-state index in [4.69, 9.17) is 16.3 Å². The van der Waals surface area contributed by atoms with E-state index < -0.39 is 0 Å². The van der Waals surface area contributed by atoms with Gasteiger partial charge in [0.2, 0.25) is 5.88 Å². The molecule has 0 aliphatic heterocycles. The van der Waals surface area contributed by atoms with Crippen LogP contribution in [0.2, 0.25) is 5.15 Å². The Labute approximate surface area is 88.7 Å². The van der Waals surface area contributed by atoms with Crippen LogP contribution in [0.5, 0.6) is 5.88 Å². The second kappa shape index (κ2) is 5.78. The van der Waals surface area contributed by atoms with E-state index in [0.717, 1.165) is 6.54 Å².